The molecule has 3 heterocycles. The van der Waals surface area contributed by atoms with Gasteiger partial charge in [0.1, 0.15) is 5.52 Å². The highest BCUT2D eigenvalue weighted by molar-refractivity contribution is 5.80. The van der Waals surface area contributed by atoms with Gasteiger partial charge in [-0.05, 0) is 31.4 Å². The summed E-state index contributed by atoms with van der Waals surface area (Å²) in [4.78, 5) is 19.8. The van der Waals surface area contributed by atoms with Gasteiger partial charge in [-0.25, -0.2) is 9.50 Å². The van der Waals surface area contributed by atoms with Gasteiger partial charge < -0.3 is 10.2 Å². The smallest absolute Gasteiger partial charge is 0.223 e. The van der Waals surface area contributed by atoms with Crippen molar-refractivity contribution >= 4 is 17.2 Å². The average Bonchev–Trinajstić information content (AvgIpc) is 3.30. The molecule has 6 heteroatoms. The van der Waals surface area contributed by atoms with E-state index >= 15 is 0 Å². The third kappa shape index (κ3) is 4.08. The summed E-state index contributed by atoms with van der Waals surface area (Å²) >= 11 is 0. The zero-order valence-electron chi connectivity index (χ0n) is 18.2. The van der Waals surface area contributed by atoms with Crippen molar-refractivity contribution in [3.05, 3.63) is 84.7 Å². The number of benzene rings is 2. The van der Waals surface area contributed by atoms with Gasteiger partial charge in [-0.1, -0.05) is 60.7 Å². The fourth-order valence-electron chi connectivity index (χ4n) is 4.41. The molecule has 32 heavy (non-hydrogen) atoms. The van der Waals surface area contributed by atoms with Crippen molar-refractivity contribution < 1.29 is 4.79 Å². The first-order valence-electron chi connectivity index (χ1n) is 11.2. The van der Waals surface area contributed by atoms with Gasteiger partial charge in [0.15, 0.2) is 5.82 Å². The fourth-order valence-corrected chi connectivity index (χ4v) is 4.41. The molecular weight excluding hydrogens is 398 g/mol. The van der Waals surface area contributed by atoms with Crippen LogP contribution in [0.15, 0.2) is 79.1 Å². The predicted molar refractivity (Wildman–Crippen MR) is 126 cm³/mol. The molecule has 2 aromatic heterocycles. The minimum Gasteiger partial charge on any atom is -0.355 e. The predicted octanol–water partition coefficient (Wildman–Crippen LogP) is 4.49. The van der Waals surface area contributed by atoms with E-state index in [0.29, 0.717) is 0 Å². The number of nitrogens with one attached hydrogen (secondary N) is 1. The number of anilines is 1. The Balaban J connectivity index is 1.27. The van der Waals surface area contributed by atoms with E-state index in [1.54, 1.807) is 6.20 Å². The van der Waals surface area contributed by atoms with Crippen LogP contribution in [0.1, 0.15) is 31.4 Å². The molecule has 0 bridgehead atoms. The summed E-state index contributed by atoms with van der Waals surface area (Å²) in [5.41, 5.74) is 4.14. The molecule has 1 aliphatic heterocycles. The van der Waals surface area contributed by atoms with Crippen LogP contribution >= 0.6 is 0 Å². The third-order valence-electron chi connectivity index (χ3n) is 6.26. The molecule has 0 aliphatic carbocycles. The highest BCUT2D eigenvalue weighted by atomic mass is 16.1. The molecule has 1 aliphatic rings. The molecule has 5 rings (SSSR count). The zero-order chi connectivity index (χ0) is 21.9. The van der Waals surface area contributed by atoms with E-state index in [4.69, 9.17) is 5.10 Å². The molecule has 162 valence electrons. The zero-order valence-corrected chi connectivity index (χ0v) is 18.2. The van der Waals surface area contributed by atoms with Crippen molar-refractivity contribution in [2.75, 3.05) is 18.0 Å². The van der Waals surface area contributed by atoms with Crippen molar-refractivity contribution in [2.24, 2.45) is 5.92 Å². The molecule has 1 amide bonds. The first-order chi connectivity index (χ1) is 15.7. The lowest BCUT2D eigenvalue weighted by Crippen LogP contribution is -2.41. The number of rotatable bonds is 5. The van der Waals surface area contributed by atoms with Gasteiger partial charge in [0, 0.05) is 37.0 Å². The molecule has 4 aromatic rings. The van der Waals surface area contributed by atoms with Crippen LogP contribution in [0.4, 0.5) is 5.82 Å². The van der Waals surface area contributed by atoms with Gasteiger partial charge in [-0.3, -0.25) is 4.79 Å². The number of carbonyl (C=O) groups is 1. The van der Waals surface area contributed by atoms with E-state index in [1.165, 1.54) is 0 Å². The second kappa shape index (κ2) is 8.83. The van der Waals surface area contributed by atoms with Crippen LogP contribution in [0.5, 0.6) is 0 Å². The molecule has 2 aromatic carbocycles. The number of nitrogens with zero attached hydrogens (tertiary/aromatic N) is 4. The van der Waals surface area contributed by atoms with Gasteiger partial charge >= 0.3 is 0 Å². The minimum atomic E-state index is 0.0142. The maximum absolute atomic E-state index is 12.8. The Morgan fingerprint density at radius 3 is 2.44 bits per heavy atom. The van der Waals surface area contributed by atoms with Crippen molar-refractivity contribution in [1.29, 1.82) is 0 Å². The summed E-state index contributed by atoms with van der Waals surface area (Å²) < 4.78 is 1.89. The van der Waals surface area contributed by atoms with E-state index in [0.717, 1.165) is 54.1 Å². The van der Waals surface area contributed by atoms with Gasteiger partial charge in [-0.15, -0.1) is 0 Å². The summed E-state index contributed by atoms with van der Waals surface area (Å²) in [6.45, 7) is 3.64. The Bertz CT molecular complexity index is 1200. The van der Waals surface area contributed by atoms with E-state index in [2.05, 4.69) is 45.5 Å². The van der Waals surface area contributed by atoms with Gasteiger partial charge in [-0.2, -0.15) is 5.10 Å². The van der Waals surface area contributed by atoms with E-state index in [9.17, 15) is 4.79 Å². The van der Waals surface area contributed by atoms with Crippen LogP contribution < -0.4 is 10.2 Å². The van der Waals surface area contributed by atoms with Crippen LogP contribution in [-0.2, 0) is 4.79 Å². The summed E-state index contributed by atoms with van der Waals surface area (Å²) in [5.74, 6) is 1.10. The second-order valence-electron chi connectivity index (χ2n) is 8.38. The average molecular weight is 426 g/mol. The number of aromatic nitrogens is 3. The normalized spacial score (nSPS) is 15.6. The Morgan fingerprint density at radius 2 is 1.72 bits per heavy atom. The first-order valence-corrected chi connectivity index (χ1v) is 11.2. The summed E-state index contributed by atoms with van der Waals surface area (Å²) in [5, 5.41) is 7.91. The van der Waals surface area contributed by atoms with Gasteiger partial charge in [0.05, 0.1) is 11.7 Å². The highest BCUT2D eigenvalue weighted by Gasteiger charge is 2.27. The van der Waals surface area contributed by atoms with Gasteiger partial charge in [0.2, 0.25) is 5.91 Å². The Hall–Kier alpha value is -3.67. The molecule has 1 fully saturated rings. The summed E-state index contributed by atoms with van der Waals surface area (Å²) in [6, 6.07) is 22.4. The van der Waals surface area contributed by atoms with Crippen LogP contribution in [0.25, 0.3) is 16.8 Å². The highest BCUT2D eigenvalue weighted by Crippen LogP contribution is 2.28. The topological polar surface area (TPSA) is 62.5 Å². The number of carbonyl (C=O) groups excluding carboxylic acids is 1. The molecular formula is C26H27N5O. The van der Waals surface area contributed by atoms with Crippen LogP contribution in [0.3, 0.4) is 0 Å². The Morgan fingerprint density at radius 1 is 1.03 bits per heavy atom. The standard InChI is InChI=1S/C26H27N5O/c1-19(20-8-4-2-5-9-20)28-26(32)22-12-15-30(16-13-22)25-24-18-23(21-10-6-3-7-11-21)29-31(24)17-14-27-25/h2-11,14,17-19,22H,12-13,15-16H2,1H3,(H,28,32)/t19-/m1/s1. The summed E-state index contributed by atoms with van der Waals surface area (Å²) in [7, 11) is 0. The van der Waals surface area contributed by atoms with E-state index in [1.807, 2.05) is 54.0 Å². The minimum absolute atomic E-state index is 0.0142. The van der Waals surface area contributed by atoms with Crippen LogP contribution in [0, 0.1) is 5.92 Å². The largest absolute Gasteiger partial charge is 0.355 e. The number of hydrogen-bond donors (Lipinski definition) is 1. The lowest BCUT2D eigenvalue weighted by Gasteiger charge is -2.32. The molecule has 0 saturated carbocycles. The fraction of sp³-hybridized carbons (Fsp3) is 0.269. The molecule has 0 unspecified atom stereocenters. The van der Waals surface area contributed by atoms with Crippen molar-refractivity contribution in [1.82, 2.24) is 19.9 Å². The van der Waals surface area contributed by atoms with E-state index < -0.39 is 0 Å². The number of amides is 1. The van der Waals surface area contributed by atoms with E-state index in [-0.39, 0.29) is 17.9 Å². The van der Waals surface area contributed by atoms with Crippen LogP contribution in [0.2, 0.25) is 0 Å². The third-order valence-corrected chi connectivity index (χ3v) is 6.26. The Kier molecular flexibility index (Phi) is 5.58. The van der Waals surface area contributed by atoms with Crippen molar-refractivity contribution in [3.8, 4) is 11.3 Å². The summed E-state index contributed by atoms with van der Waals surface area (Å²) in [6.07, 6.45) is 5.31. The quantitative estimate of drug-likeness (QED) is 0.512. The number of fused-ring (bicyclic) bond motifs is 1. The first kappa shape index (κ1) is 20.2. The second-order valence-corrected chi connectivity index (χ2v) is 8.38. The molecule has 0 radical (unpaired) electrons. The molecule has 6 nitrogen and oxygen atoms in total. The SMILES string of the molecule is C[C@@H](NC(=O)C1CCN(c2nccn3nc(-c4ccccc4)cc23)CC1)c1ccccc1. The molecule has 0 spiro atoms. The van der Waals surface area contributed by atoms with Crippen LogP contribution in [-0.4, -0.2) is 33.6 Å². The Labute approximate surface area is 187 Å². The molecule has 1 atom stereocenters. The molecule has 1 N–H and O–H groups in total. The van der Waals surface area contributed by atoms with Crippen molar-refractivity contribution in [2.45, 2.75) is 25.8 Å². The number of piperidine rings is 1. The maximum atomic E-state index is 12.8. The monoisotopic (exact) mass is 425 g/mol. The number of hydrogen-bond acceptors (Lipinski definition) is 4. The van der Waals surface area contributed by atoms with Crippen molar-refractivity contribution in [3.63, 3.8) is 0 Å². The lowest BCUT2D eigenvalue weighted by molar-refractivity contribution is -0.126. The van der Waals surface area contributed by atoms with Gasteiger partial charge in [0.25, 0.3) is 0 Å². The maximum Gasteiger partial charge on any atom is 0.223 e. The molecule has 1 saturated heterocycles. The lowest BCUT2D eigenvalue weighted by atomic mass is 9.95.